The first-order chi connectivity index (χ1) is 12.0. The summed E-state index contributed by atoms with van der Waals surface area (Å²) in [6, 6.07) is 17.4. The highest BCUT2D eigenvalue weighted by atomic mass is 32.2. The van der Waals surface area contributed by atoms with E-state index in [0.717, 1.165) is 5.56 Å². The molecular weight excluding hydrogens is 338 g/mol. The minimum atomic E-state index is -3.84. The molecule has 0 saturated heterocycles. The number of hydrogen-bond donors (Lipinski definition) is 1. The van der Waals surface area contributed by atoms with E-state index in [-0.39, 0.29) is 22.9 Å². The van der Waals surface area contributed by atoms with Gasteiger partial charge in [0, 0.05) is 5.56 Å². The Labute approximate surface area is 145 Å². The van der Waals surface area contributed by atoms with Gasteiger partial charge in [0.15, 0.2) is 0 Å². The number of sulfonamides is 1. The second-order valence-corrected chi connectivity index (χ2v) is 7.05. The number of nitrogens with one attached hydrogen (secondary N) is 1. The number of aryl methyl sites for hydroxylation is 1. The van der Waals surface area contributed by atoms with E-state index in [2.05, 4.69) is 9.71 Å². The molecule has 1 heterocycles. The molecule has 0 spiro atoms. The van der Waals surface area contributed by atoms with E-state index in [1.165, 1.54) is 12.1 Å². The Morgan fingerprint density at radius 2 is 1.80 bits per heavy atom. The summed E-state index contributed by atoms with van der Waals surface area (Å²) in [5.74, 6) is 0.868. The molecule has 0 aliphatic rings. The largest absolute Gasteiger partial charge is 0.444 e. The number of oxazole rings is 1. The van der Waals surface area contributed by atoms with Crippen LogP contribution < -0.4 is 4.72 Å². The molecule has 0 fully saturated rings. The predicted octanol–water partition coefficient (Wildman–Crippen LogP) is 3.00. The second kappa shape index (κ2) is 6.89. The Morgan fingerprint density at radius 3 is 2.52 bits per heavy atom. The number of nitriles is 1. The van der Waals surface area contributed by atoms with Crippen LogP contribution in [0.5, 0.6) is 0 Å². The maximum absolute atomic E-state index is 12.4. The highest BCUT2D eigenvalue weighted by Crippen LogP contribution is 2.23. The fourth-order valence-electron chi connectivity index (χ4n) is 2.42. The third-order valence-electron chi connectivity index (χ3n) is 3.60. The number of aromatic nitrogens is 1. The first-order valence-corrected chi connectivity index (χ1v) is 9.00. The minimum absolute atomic E-state index is 0.0657. The molecule has 0 atom stereocenters. The van der Waals surface area contributed by atoms with Gasteiger partial charge in [-0.25, -0.2) is 18.1 Å². The van der Waals surface area contributed by atoms with Crippen LogP contribution in [-0.4, -0.2) is 13.4 Å². The van der Waals surface area contributed by atoms with E-state index in [1.54, 1.807) is 19.1 Å². The summed E-state index contributed by atoms with van der Waals surface area (Å²) in [7, 11) is -3.84. The van der Waals surface area contributed by atoms with Gasteiger partial charge in [-0.15, -0.1) is 0 Å². The van der Waals surface area contributed by atoms with Crippen LogP contribution in [-0.2, 0) is 16.6 Å². The molecule has 1 N–H and O–H groups in total. The van der Waals surface area contributed by atoms with Crippen LogP contribution in [0.3, 0.4) is 0 Å². The van der Waals surface area contributed by atoms with Crippen LogP contribution in [0, 0.1) is 18.3 Å². The average molecular weight is 353 g/mol. The lowest BCUT2D eigenvalue weighted by Crippen LogP contribution is -2.24. The lowest BCUT2D eigenvalue weighted by molar-refractivity contribution is 0.463. The van der Waals surface area contributed by atoms with Crippen molar-refractivity contribution in [1.29, 1.82) is 5.26 Å². The first-order valence-electron chi connectivity index (χ1n) is 7.52. The summed E-state index contributed by atoms with van der Waals surface area (Å²) in [5.41, 5.74) is 1.66. The van der Waals surface area contributed by atoms with Crippen molar-refractivity contribution in [3.8, 4) is 17.3 Å². The van der Waals surface area contributed by atoms with Crippen LogP contribution >= 0.6 is 0 Å². The smallest absolute Gasteiger partial charge is 0.242 e. The van der Waals surface area contributed by atoms with Gasteiger partial charge in [0.25, 0.3) is 0 Å². The highest BCUT2D eigenvalue weighted by molar-refractivity contribution is 7.89. The van der Waals surface area contributed by atoms with E-state index in [4.69, 9.17) is 9.68 Å². The standard InChI is InChI=1S/C18H15N3O3S/c1-13-18(14-7-3-2-4-8-14)21-17(24-13)12-20-25(22,23)16-10-6-5-9-15(16)11-19/h2-10,20H,12H2,1H3. The van der Waals surface area contributed by atoms with Gasteiger partial charge < -0.3 is 4.42 Å². The Morgan fingerprint density at radius 1 is 1.12 bits per heavy atom. The first kappa shape index (κ1) is 16.9. The Balaban J connectivity index is 1.82. The third kappa shape index (κ3) is 3.60. The van der Waals surface area contributed by atoms with Gasteiger partial charge in [0.05, 0.1) is 17.0 Å². The van der Waals surface area contributed by atoms with Crippen LogP contribution in [0.4, 0.5) is 0 Å². The Kier molecular flexibility index (Phi) is 4.65. The number of rotatable bonds is 5. The van der Waals surface area contributed by atoms with Gasteiger partial charge in [0.1, 0.15) is 17.5 Å². The fraction of sp³-hybridized carbons (Fsp3) is 0.111. The monoisotopic (exact) mass is 353 g/mol. The molecule has 3 rings (SSSR count). The summed E-state index contributed by atoms with van der Waals surface area (Å²) < 4.78 is 32.8. The molecule has 0 bridgehead atoms. The van der Waals surface area contributed by atoms with Crippen LogP contribution in [0.25, 0.3) is 11.3 Å². The lowest BCUT2D eigenvalue weighted by atomic mass is 10.1. The van der Waals surface area contributed by atoms with Crippen molar-refractivity contribution in [1.82, 2.24) is 9.71 Å². The van der Waals surface area contributed by atoms with Crippen LogP contribution in [0.1, 0.15) is 17.2 Å². The zero-order valence-electron chi connectivity index (χ0n) is 13.4. The number of benzene rings is 2. The van der Waals surface area contributed by atoms with E-state index >= 15 is 0 Å². The SMILES string of the molecule is Cc1oc(CNS(=O)(=O)c2ccccc2C#N)nc1-c1ccccc1. The van der Waals surface area contributed by atoms with E-state index in [1.807, 2.05) is 36.4 Å². The molecule has 0 radical (unpaired) electrons. The molecule has 0 amide bonds. The molecule has 126 valence electrons. The molecule has 6 nitrogen and oxygen atoms in total. The fourth-order valence-corrected chi connectivity index (χ4v) is 3.55. The van der Waals surface area contributed by atoms with E-state index in [0.29, 0.717) is 11.5 Å². The second-order valence-electron chi connectivity index (χ2n) is 5.31. The molecule has 0 aliphatic heterocycles. The van der Waals surface area contributed by atoms with Gasteiger partial charge in [-0.05, 0) is 19.1 Å². The highest BCUT2D eigenvalue weighted by Gasteiger charge is 2.19. The molecule has 0 unspecified atom stereocenters. The zero-order valence-corrected chi connectivity index (χ0v) is 14.2. The maximum Gasteiger partial charge on any atom is 0.242 e. The normalized spacial score (nSPS) is 11.2. The van der Waals surface area contributed by atoms with Crippen LogP contribution in [0.2, 0.25) is 0 Å². The van der Waals surface area contributed by atoms with Gasteiger partial charge in [-0.2, -0.15) is 5.26 Å². The van der Waals surface area contributed by atoms with Crippen molar-refractivity contribution in [2.24, 2.45) is 0 Å². The topological polar surface area (TPSA) is 96.0 Å². The molecule has 25 heavy (non-hydrogen) atoms. The summed E-state index contributed by atoms with van der Waals surface area (Å²) >= 11 is 0. The van der Waals surface area contributed by atoms with Gasteiger partial charge in [-0.3, -0.25) is 0 Å². The summed E-state index contributed by atoms with van der Waals surface area (Å²) in [6.45, 7) is 1.67. The van der Waals surface area contributed by atoms with Crippen molar-refractivity contribution < 1.29 is 12.8 Å². The summed E-state index contributed by atoms with van der Waals surface area (Å²) in [5, 5.41) is 9.06. The Bertz CT molecular complexity index is 1030. The van der Waals surface area contributed by atoms with Crippen molar-refractivity contribution in [3.05, 3.63) is 71.8 Å². The van der Waals surface area contributed by atoms with Crippen molar-refractivity contribution in [3.63, 3.8) is 0 Å². The lowest BCUT2D eigenvalue weighted by Gasteiger charge is -2.06. The molecular formula is C18H15N3O3S. The molecule has 0 aliphatic carbocycles. The predicted molar refractivity (Wildman–Crippen MR) is 91.9 cm³/mol. The minimum Gasteiger partial charge on any atom is -0.444 e. The van der Waals surface area contributed by atoms with Crippen molar-refractivity contribution in [2.45, 2.75) is 18.4 Å². The van der Waals surface area contributed by atoms with E-state index < -0.39 is 10.0 Å². The van der Waals surface area contributed by atoms with Crippen molar-refractivity contribution >= 4 is 10.0 Å². The molecule has 7 heteroatoms. The number of hydrogen-bond acceptors (Lipinski definition) is 5. The summed E-state index contributed by atoms with van der Waals surface area (Å²) in [6.07, 6.45) is 0. The zero-order chi connectivity index (χ0) is 17.9. The summed E-state index contributed by atoms with van der Waals surface area (Å²) in [4.78, 5) is 4.30. The molecule has 0 saturated carbocycles. The number of nitrogens with zero attached hydrogens (tertiary/aromatic N) is 2. The van der Waals surface area contributed by atoms with Gasteiger partial charge in [-0.1, -0.05) is 42.5 Å². The quantitative estimate of drug-likeness (QED) is 0.760. The average Bonchev–Trinajstić information content (AvgIpc) is 3.01. The molecule has 3 aromatic rings. The van der Waals surface area contributed by atoms with Crippen LogP contribution in [0.15, 0.2) is 63.9 Å². The van der Waals surface area contributed by atoms with Gasteiger partial charge in [0.2, 0.25) is 15.9 Å². The Hall–Kier alpha value is -2.95. The molecule has 2 aromatic carbocycles. The molecule has 1 aromatic heterocycles. The van der Waals surface area contributed by atoms with E-state index in [9.17, 15) is 8.42 Å². The third-order valence-corrected chi connectivity index (χ3v) is 5.06. The van der Waals surface area contributed by atoms with Crippen molar-refractivity contribution in [2.75, 3.05) is 0 Å². The van der Waals surface area contributed by atoms with Gasteiger partial charge >= 0.3 is 0 Å². The maximum atomic E-state index is 12.4.